The number of hydrogen-bond donors (Lipinski definition) is 3. The van der Waals surface area contributed by atoms with Crippen molar-refractivity contribution in [3.05, 3.63) is 11.1 Å². The van der Waals surface area contributed by atoms with Gasteiger partial charge in [-0.25, -0.2) is 0 Å². The van der Waals surface area contributed by atoms with Crippen molar-refractivity contribution in [3.8, 4) is 0 Å². The van der Waals surface area contributed by atoms with Crippen molar-refractivity contribution in [3.63, 3.8) is 0 Å². The van der Waals surface area contributed by atoms with Crippen LogP contribution < -0.4 is 0 Å². The molecule has 18 heavy (non-hydrogen) atoms. The summed E-state index contributed by atoms with van der Waals surface area (Å²) in [6.07, 6.45) is 3.97. The lowest BCUT2D eigenvalue weighted by Gasteiger charge is -2.23. The molecular weight excluding hydrogens is 228 g/mol. The SMILES string of the molecule is C[C@@H]1CC[C@@H](CO)C(CO)=C2C[C@](C)(CO)C[C@@H]21. The zero-order valence-electron chi connectivity index (χ0n) is 11.5. The van der Waals surface area contributed by atoms with Gasteiger partial charge in [-0.3, -0.25) is 0 Å². The summed E-state index contributed by atoms with van der Waals surface area (Å²) in [5.41, 5.74) is 2.36. The van der Waals surface area contributed by atoms with Crippen LogP contribution in [-0.2, 0) is 0 Å². The Balaban J connectivity index is 2.38. The maximum absolute atomic E-state index is 9.66. The molecule has 104 valence electrons. The van der Waals surface area contributed by atoms with Crippen LogP contribution in [0.1, 0.15) is 39.5 Å². The molecule has 0 spiro atoms. The van der Waals surface area contributed by atoms with Crippen LogP contribution in [0.4, 0.5) is 0 Å². The third-order valence-electron chi connectivity index (χ3n) is 5.11. The van der Waals surface area contributed by atoms with Gasteiger partial charge in [-0.1, -0.05) is 19.4 Å². The largest absolute Gasteiger partial charge is 0.396 e. The maximum atomic E-state index is 9.66. The summed E-state index contributed by atoms with van der Waals surface area (Å²) in [4.78, 5) is 0. The van der Waals surface area contributed by atoms with E-state index in [-0.39, 0.29) is 31.2 Å². The smallest absolute Gasteiger partial charge is 0.0648 e. The van der Waals surface area contributed by atoms with Gasteiger partial charge in [0.2, 0.25) is 0 Å². The summed E-state index contributed by atoms with van der Waals surface area (Å²) >= 11 is 0. The number of aliphatic hydroxyl groups is 3. The molecule has 2 aliphatic carbocycles. The molecule has 2 rings (SSSR count). The van der Waals surface area contributed by atoms with E-state index in [0.717, 1.165) is 31.3 Å². The zero-order valence-corrected chi connectivity index (χ0v) is 11.5. The minimum atomic E-state index is -0.0357. The Kier molecular flexibility index (Phi) is 4.15. The van der Waals surface area contributed by atoms with Gasteiger partial charge in [-0.15, -0.1) is 0 Å². The lowest BCUT2D eigenvalue weighted by molar-refractivity contribution is 0.137. The Morgan fingerprint density at radius 2 is 1.94 bits per heavy atom. The first-order valence-electron chi connectivity index (χ1n) is 7.09. The molecule has 1 fully saturated rings. The first kappa shape index (κ1) is 14.0. The molecule has 2 aliphatic rings. The van der Waals surface area contributed by atoms with Gasteiger partial charge in [0.1, 0.15) is 0 Å². The zero-order chi connectivity index (χ0) is 13.3. The molecule has 0 heterocycles. The fourth-order valence-electron chi connectivity index (χ4n) is 3.87. The number of fused-ring (bicyclic) bond motifs is 1. The second-order valence-corrected chi connectivity index (χ2v) is 6.60. The Hall–Kier alpha value is -0.380. The van der Waals surface area contributed by atoms with Crippen LogP contribution in [0.15, 0.2) is 11.1 Å². The van der Waals surface area contributed by atoms with E-state index < -0.39 is 0 Å². The van der Waals surface area contributed by atoms with Crippen molar-refractivity contribution >= 4 is 0 Å². The molecule has 3 N–H and O–H groups in total. The highest BCUT2D eigenvalue weighted by Crippen LogP contribution is 2.52. The molecule has 3 nitrogen and oxygen atoms in total. The molecule has 0 aromatic rings. The first-order valence-corrected chi connectivity index (χ1v) is 7.09. The maximum Gasteiger partial charge on any atom is 0.0648 e. The molecule has 4 atom stereocenters. The predicted molar refractivity (Wildman–Crippen MR) is 71.0 cm³/mol. The molecule has 0 aromatic heterocycles. The van der Waals surface area contributed by atoms with Crippen LogP contribution >= 0.6 is 0 Å². The van der Waals surface area contributed by atoms with E-state index >= 15 is 0 Å². The highest BCUT2D eigenvalue weighted by atomic mass is 16.3. The van der Waals surface area contributed by atoms with Crippen LogP contribution in [0.2, 0.25) is 0 Å². The normalized spacial score (nSPS) is 40.8. The van der Waals surface area contributed by atoms with E-state index in [2.05, 4.69) is 13.8 Å². The first-order chi connectivity index (χ1) is 8.54. The van der Waals surface area contributed by atoms with Crippen molar-refractivity contribution in [2.45, 2.75) is 39.5 Å². The Labute approximate surface area is 110 Å². The van der Waals surface area contributed by atoms with Crippen LogP contribution in [0.5, 0.6) is 0 Å². The fourth-order valence-corrected chi connectivity index (χ4v) is 3.87. The second-order valence-electron chi connectivity index (χ2n) is 6.60. The van der Waals surface area contributed by atoms with Crippen molar-refractivity contribution in [2.24, 2.45) is 23.2 Å². The van der Waals surface area contributed by atoms with Crippen molar-refractivity contribution in [1.29, 1.82) is 0 Å². The summed E-state index contributed by atoms with van der Waals surface area (Å²) in [5, 5.41) is 28.8. The molecule has 0 aromatic carbocycles. The average Bonchev–Trinajstić information content (AvgIpc) is 2.67. The third kappa shape index (κ3) is 2.36. The van der Waals surface area contributed by atoms with Crippen LogP contribution in [-0.4, -0.2) is 35.1 Å². The minimum absolute atomic E-state index is 0.0357. The summed E-state index contributed by atoms with van der Waals surface area (Å²) in [6.45, 7) is 4.80. The summed E-state index contributed by atoms with van der Waals surface area (Å²) < 4.78 is 0. The fraction of sp³-hybridized carbons (Fsp3) is 0.867. The van der Waals surface area contributed by atoms with Crippen LogP contribution in [0.3, 0.4) is 0 Å². The molecular formula is C15H26O3. The number of rotatable bonds is 3. The number of hydrogen-bond acceptors (Lipinski definition) is 3. The number of allylic oxidation sites excluding steroid dienone is 1. The minimum Gasteiger partial charge on any atom is -0.396 e. The van der Waals surface area contributed by atoms with Gasteiger partial charge in [-0.2, -0.15) is 0 Å². The Morgan fingerprint density at radius 3 is 2.50 bits per heavy atom. The molecule has 0 unspecified atom stereocenters. The lowest BCUT2D eigenvalue weighted by Crippen LogP contribution is -2.19. The van der Waals surface area contributed by atoms with Gasteiger partial charge in [0.15, 0.2) is 0 Å². The summed E-state index contributed by atoms with van der Waals surface area (Å²) in [7, 11) is 0. The highest BCUT2D eigenvalue weighted by Gasteiger charge is 2.43. The van der Waals surface area contributed by atoms with E-state index in [0.29, 0.717) is 11.8 Å². The molecule has 0 radical (unpaired) electrons. The molecule has 0 bridgehead atoms. The topological polar surface area (TPSA) is 60.7 Å². The van der Waals surface area contributed by atoms with Crippen LogP contribution in [0, 0.1) is 23.2 Å². The Morgan fingerprint density at radius 1 is 1.22 bits per heavy atom. The van der Waals surface area contributed by atoms with Crippen molar-refractivity contribution < 1.29 is 15.3 Å². The molecule has 0 saturated heterocycles. The van der Waals surface area contributed by atoms with Gasteiger partial charge in [0.25, 0.3) is 0 Å². The summed E-state index contributed by atoms with van der Waals surface area (Å²) in [5.74, 6) is 1.20. The molecule has 1 saturated carbocycles. The van der Waals surface area contributed by atoms with E-state index in [9.17, 15) is 15.3 Å². The molecule has 3 heteroatoms. The van der Waals surface area contributed by atoms with Crippen molar-refractivity contribution in [2.75, 3.05) is 19.8 Å². The molecule has 0 aliphatic heterocycles. The Bertz CT molecular complexity index is 337. The van der Waals surface area contributed by atoms with Gasteiger partial charge >= 0.3 is 0 Å². The summed E-state index contributed by atoms with van der Waals surface area (Å²) in [6, 6.07) is 0. The van der Waals surface area contributed by atoms with E-state index in [1.54, 1.807) is 0 Å². The number of aliphatic hydroxyl groups excluding tert-OH is 3. The average molecular weight is 254 g/mol. The van der Waals surface area contributed by atoms with Gasteiger partial charge in [0, 0.05) is 19.1 Å². The van der Waals surface area contributed by atoms with Gasteiger partial charge < -0.3 is 15.3 Å². The highest BCUT2D eigenvalue weighted by molar-refractivity contribution is 5.28. The quantitative estimate of drug-likeness (QED) is 0.672. The van der Waals surface area contributed by atoms with Crippen LogP contribution in [0.25, 0.3) is 0 Å². The third-order valence-corrected chi connectivity index (χ3v) is 5.11. The monoisotopic (exact) mass is 254 g/mol. The van der Waals surface area contributed by atoms with Gasteiger partial charge in [0.05, 0.1) is 6.61 Å². The van der Waals surface area contributed by atoms with E-state index in [4.69, 9.17) is 0 Å². The second kappa shape index (κ2) is 5.32. The van der Waals surface area contributed by atoms with E-state index in [1.807, 2.05) is 0 Å². The predicted octanol–water partition coefficient (Wildman–Crippen LogP) is 1.72. The standard InChI is InChI=1S/C15H26O3/c1-10-3-4-11(7-16)14(8-17)13-6-15(2,9-18)5-12(10)13/h10-12,16-18H,3-9H2,1-2H3/t10-,11+,12-,15-/m1/s1. The lowest BCUT2D eigenvalue weighted by atomic mass is 9.83. The van der Waals surface area contributed by atoms with Crippen molar-refractivity contribution in [1.82, 2.24) is 0 Å². The van der Waals surface area contributed by atoms with Gasteiger partial charge in [-0.05, 0) is 48.5 Å². The van der Waals surface area contributed by atoms with E-state index in [1.165, 1.54) is 5.57 Å². The molecule has 0 amide bonds.